The number of anilines is 2. The molecular formula is C28H29N3O2S. The largest absolute Gasteiger partial charge is 0.324 e. The number of thiophene rings is 1. The summed E-state index contributed by atoms with van der Waals surface area (Å²) in [6.45, 7) is 6.04. The maximum absolute atomic E-state index is 13.3. The number of fused-ring (bicyclic) bond motifs is 3. The Hall–Kier alpha value is -3.25. The van der Waals surface area contributed by atoms with Crippen molar-refractivity contribution in [2.24, 2.45) is 4.99 Å². The first-order valence-electron chi connectivity index (χ1n) is 11.8. The number of nitrogens with zero attached hydrogens (tertiary/aromatic N) is 2. The van der Waals surface area contributed by atoms with E-state index in [9.17, 15) is 9.59 Å². The Labute approximate surface area is 204 Å². The minimum absolute atomic E-state index is 0.0182. The summed E-state index contributed by atoms with van der Waals surface area (Å²) in [4.78, 5) is 34.2. The van der Waals surface area contributed by atoms with E-state index in [0.29, 0.717) is 0 Å². The van der Waals surface area contributed by atoms with E-state index < -0.39 is 0 Å². The average molecular weight is 472 g/mol. The van der Waals surface area contributed by atoms with Crippen LogP contribution in [0.1, 0.15) is 51.1 Å². The molecule has 6 heteroatoms. The van der Waals surface area contributed by atoms with E-state index in [-0.39, 0.29) is 24.9 Å². The number of benzene rings is 2. The van der Waals surface area contributed by atoms with Crippen LogP contribution >= 0.6 is 11.3 Å². The Bertz CT molecular complexity index is 1280. The molecule has 0 unspecified atom stereocenters. The molecule has 0 saturated carbocycles. The van der Waals surface area contributed by atoms with Crippen molar-refractivity contribution in [1.29, 1.82) is 0 Å². The SMILES string of the molecule is Cc1ccc(C2=NCC(=O)N(CC(=O)Nc3c(C)cccc3C)c3sc4c(c32)CCCC4)cc1. The Kier molecular flexibility index (Phi) is 6.09. The molecular weight excluding hydrogens is 442 g/mol. The third kappa shape index (κ3) is 4.18. The lowest BCUT2D eigenvalue weighted by atomic mass is 9.91. The van der Waals surface area contributed by atoms with Gasteiger partial charge in [0.1, 0.15) is 18.1 Å². The van der Waals surface area contributed by atoms with Gasteiger partial charge in [0.25, 0.3) is 0 Å². The number of aliphatic imine (C=N–C) groups is 1. The van der Waals surface area contributed by atoms with Gasteiger partial charge in [0.05, 0.1) is 5.71 Å². The number of amides is 2. The third-order valence-electron chi connectivity index (χ3n) is 6.68. The van der Waals surface area contributed by atoms with Crippen LogP contribution in [0.5, 0.6) is 0 Å². The number of carbonyl (C=O) groups excluding carboxylic acids is 2. The molecule has 0 bridgehead atoms. The first-order chi connectivity index (χ1) is 16.4. The predicted octanol–water partition coefficient (Wildman–Crippen LogP) is 5.37. The van der Waals surface area contributed by atoms with Crippen molar-refractivity contribution in [2.45, 2.75) is 46.5 Å². The molecule has 34 heavy (non-hydrogen) atoms. The van der Waals surface area contributed by atoms with Gasteiger partial charge in [-0.1, -0.05) is 48.0 Å². The van der Waals surface area contributed by atoms with Gasteiger partial charge in [0.2, 0.25) is 11.8 Å². The minimum atomic E-state index is -0.193. The summed E-state index contributed by atoms with van der Waals surface area (Å²) < 4.78 is 0. The van der Waals surface area contributed by atoms with E-state index in [1.165, 1.54) is 16.0 Å². The van der Waals surface area contributed by atoms with E-state index in [4.69, 9.17) is 4.99 Å². The molecule has 0 atom stereocenters. The summed E-state index contributed by atoms with van der Waals surface area (Å²) in [5, 5.41) is 3.91. The van der Waals surface area contributed by atoms with E-state index in [1.807, 2.05) is 32.0 Å². The van der Waals surface area contributed by atoms with Crippen molar-refractivity contribution in [3.63, 3.8) is 0 Å². The summed E-state index contributed by atoms with van der Waals surface area (Å²) in [5.41, 5.74) is 8.27. The highest BCUT2D eigenvalue weighted by molar-refractivity contribution is 7.17. The van der Waals surface area contributed by atoms with Crippen molar-refractivity contribution in [1.82, 2.24) is 0 Å². The molecule has 174 valence electrons. The topological polar surface area (TPSA) is 61.8 Å². The molecule has 5 nitrogen and oxygen atoms in total. The molecule has 5 rings (SSSR count). The first kappa shape index (κ1) is 22.5. The number of rotatable bonds is 4. The molecule has 0 radical (unpaired) electrons. The molecule has 0 saturated heterocycles. The molecule has 0 fully saturated rings. The summed E-state index contributed by atoms with van der Waals surface area (Å²) in [7, 11) is 0. The molecule has 3 aromatic rings. The maximum Gasteiger partial charge on any atom is 0.249 e. The van der Waals surface area contributed by atoms with Gasteiger partial charge in [-0.15, -0.1) is 11.3 Å². The highest BCUT2D eigenvalue weighted by Gasteiger charge is 2.33. The van der Waals surface area contributed by atoms with Crippen molar-refractivity contribution >= 4 is 39.6 Å². The van der Waals surface area contributed by atoms with E-state index >= 15 is 0 Å². The fourth-order valence-corrected chi connectivity index (χ4v) is 6.26. The van der Waals surface area contributed by atoms with Crippen LogP contribution in [0.15, 0.2) is 47.5 Å². The van der Waals surface area contributed by atoms with Crippen molar-refractivity contribution in [3.8, 4) is 0 Å². The van der Waals surface area contributed by atoms with E-state index in [0.717, 1.165) is 64.3 Å². The van der Waals surface area contributed by atoms with Crippen LogP contribution in [0.4, 0.5) is 10.7 Å². The van der Waals surface area contributed by atoms with Gasteiger partial charge >= 0.3 is 0 Å². The van der Waals surface area contributed by atoms with Crippen molar-refractivity contribution in [2.75, 3.05) is 23.3 Å². The number of nitrogens with one attached hydrogen (secondary N) is 1. The maximum atomic E-state index is 13.3. The summed E-state index contributed by atoms with van der Waals surface area (Å²) in [5.74, 6) is -0.333. The Morgan fingerprint density at radius 2 is 1.74 bits per heavy atom. The zero-order chi connectivity index (χ0) is 23.8. The van der Waals surface area contributed by atoms with Crippen molar-refractivity contribution < 1.29 is 9.59 Å². The molecule has 2 heterocycles. The number of carbonyl (C=O) groups is 2. The molecule has 2 aliphatic rings. The van der Waals surface area contributed by atoms with Crippen LogP contribution in [0, 0.1) is 20.8 Å². The number of hydrogen-bond acceptors (Lipinski definition) is 4. The van der Waals surface area contributed by atoms with Crippen LogP contribution in [0.3, 0.4) is 0 Å². The second-order valence-corrected chi connectivity index (χ2v) is 10.3. The molecule has 2 amide bonds. The van der Waals surface area contributed by atoms with Gasteiger partial charge in [-0.25, -0.2) is 0 Å². The fourth-order valence-electron chi connectivity index (χ4n) is 4.85. The smallest absolute Gasteiger partial charge is 0.249 e. The zero-order valence-corrected chi connectivity index (χ0v) is 20.7. The second kappa shape index (κ2) is 9.18. The van der Waals surface area contributed by atoms with Gasteiger partial charge in [-0.05, 0) is 63.1 Å². The monoisotopic (exact) mass is 471 g/mol. The molecule has 1 aliphatic heterocycles. The predicted molar refractivity (Wildman–Crippen MR) is 140 cm³/mol. The average Bonchev–Trinajstić information content (AvgIpc) is 3.14. The highest BCUT2D eigenvalue weighted by Crippen LogP contribution is 2.42. The number of para-hydroxylation sites is 1. The van der Waals surface area contributed by atoms with Gasteiger partial charge in [-0.3, -0.25) is 19.5 Å². The summed E-state index contributed by atoms with van der Waals surface area (Å²) >= 11 is 1.66. The van der Waals surface area contributed by atoms with Crippen LogP contribution in [-0.2, 0) is 22.4 Å². The lowest BCUT2D eigenvalue weighted by molar-refractivity contribution is -0.120. The Balaban J connectivity index is 1.53. The summed E-state index contributed by atoms with van der Waals surface area (Å²) in [6, 6.07) is 14.3. The van der Waals surface area contributed by atoms with Gasteiger partial charge in [0, 0.05) is 21.7 Å². The molecule has 1 aliphatic carbocycles. The third-order valence-corrected chi connectivity index (χ3v) is 8.00. The highest BCUT2D eigenvalue weighted by atomic mass is 32.1. The van der Waals surface area contributed by atoms with Crippen molar-refractivity contribution in [3.05, 3.63) is 80.7 Å². The molecule has 2 aromatic carbocycles. The molecule has 1 aromatic heterocycles. The second-order valence-electron chi connectivity index (χ2n) is 9.22. The zero-order valence-electron chi connectivity index (χ0n) is 19.9. The molecule has 1 N–H and O–H groups in total. The Morgan fingerprint density at radius 1 is 1.03 bits per heavy atom. The normalized spacial score (nSPS) is 15.3. The van der Waals surface area contributed by atoms with Gasteiger partial charge in [0.15, 0.2) is 0 Å². The first-order valence-corrected chi connectivity index (χ1v) is 12.7. The molecule has 0 spiro atoms. The van der Waals surface area contributed by atoms with E-state index in [1.54, 1.807) is 16.2 Å². The van der Waals surface area contributed by atoms with Crippen LogP contribution < -0.4 is 10.2 Å². The lowest BCUT2D eigenvalue weighted by Crippen LogP contribution is -2.39. The summed E-state index contributed by atoms with van der Waals surface area (Å²) in [6.07, 6.45) is 4.30. The number of hydrogen-bond donors (Lipinski definition) is 1. The van der Waals surface area contributed by atoms with Gasteiger partial charge < -0.3 is 5.32 Å². The van der Waals surface area contributed by atoms with Crippen LogP contribution in [0.25, 0.3) is 0 Å². The lowest BCUT2D eigenvalue weighted by Gasteiger charge is -2.21. The van der Waals surface area contributed by atoms with E-state index in [2.05, 4.69) is 36.5 Å². The Morgan fingerprint density at radius 3 is 2.47 bits per heavy atom. The fraction of sp³-hybridized carbons (Fsp3) is 0.321. The minimum Gasteiger partial charge on any atom is -0.324 e. The quantitative estimate of drug-likeness (QED) is 0.556. The standard InChI is InChI=1S/C28H29N3O2S/c1-17-11-13-20(14-12-17)27-25-21-9-4-5-10-22(21)34-28(25)31(24(33)15-29-27)16-23(32)30-26-18(2)7-6-8-19(26)3/h6-8,11-14H,4-5,9-10,15-16H2,1-3H3,(H,30,32). The van der Waals surface area contributed by atoms with Crippen LogP contribution in [0.2, 0.25) is 0 Å². The number of aryl methyl sites for hydroxylation is 4. The van der Waals surface area contributed by atoms with Crippen LogP contribution in [-0.4, -0.2) is 30.6 Å². The van der Waals surface area contributed by atoms with Gasteiger partial charge in [-0.2, -0.15) is 0 Å².